The summed E-state index contributed by atoms with van der Waals surface area (Å²) in [6.45, 7) is 7.90. The minimum atomic E-state index is -0.276. The van der Waals surface area contributed by atoms with Crippen molar-refractivity contribution in [3.63, 3.8) is 0 Å². The van der Waals surface area contributed by atoms with E-state index in [0.717, 1.165) is 35.3 Å². The van der Waals surface area contributed by atoms with Crippen LogP contribution in [0.2, 0.25) is 0 Å². The smallest absolute Gasteiger partial charge is 0.269 e. The Morgan fingerprint density at radius 1 is 1.28 bits per heavy atom. The fraction of sp³-hybridized carbons (Fsp3) is 0.364. The van der Waals surface area contributed by atoms with Gasteiger partial charge < -0.3 is 5.32 Å². The highest BCUT2D eigenvalue weighted by Gasteiger charge is 2.36. The normalized spacial score (nSPS) is 17.6. The van der Waals surface area contributed by atoms with E-state index in [1.807, 2.05) is 23.0 Å². The second-order valence-electron chi connectivity index (χ2n) is 8.54. The predicted molar refractivity (Wildman–Crippen MR) is 109 cm³/mol. The maximum Gasteiger partial charge on any atom is 0.269 e. The van der Waals surface area contributed by atoms with Crippen molar-refractivity contribution in [2.24, 2.45) is 5.41 Å². The van der Waals surface area contributed by atoms with Gasteiger partial charge in [0.05, 0.1) is 23.6 Å². The fourth-order valence-corrected chi connectivity index (χ4v) is 4.03. The van der Waals surface area contributed by atoms with E-state index in [1.54, 1.807) is 0 Å². The van der Waals surface area contributed by atoms with E-state index >= 15 is 0 Å². The number of hydrogen-bond acceptors (Lipinski definition) is 4. The van der Waals surface area contributed by atoms with E-state index in [-0.39, 0.29) is 34.5 Å². The molecule has 1 aromatic carbocycles. The van der Waals surface area contributed by atoms with Gasteiger partial charge in [0, 0.05) is 12.5 Å². The number of Topliss-reactive ketones (excluding diaryl/α,β-unsaturated/α-hetero) is 1. The summed E-state index contributed by atoms with van der Waals surface area (Å²) in [6.07, 6.45) is 3.54. The van der Waals surface area contributed by atoms with Crippen LogP contribution >= 0.6 is 0 Å². The number of amides is 1. The zero-order valence-corrected chi connectivity index (χ0v) is 17.1. The molecule has 0 radical (unpaired) electrons. The molecule has 0 spiro atoms. The molecule has 1 amide bonds. The SMILES string of the molecule is CC(=O)c1cc(C(=O)N[C@@H]2CC(C)(C)Cc3c2cnn3-c2ccccc2C)[nH]n1. The lowest BCUT2D eigenvalue weighted by molar-refractivity contribution is 0.0913. The van der Waals surface area contributed by atoms with Gasteiger partial charge in [0.15, 0.2) is 5.78 Å². The largest absolute Gasteiger partial charge is 0.344 e. The molecule has 0 bridgehead atoms. The van der Waals surface area contributed by atoms with Crippen LogP contribution in [0.1, 0.15) is 71.0 Å². The number of carbonyl (C=O) groups excluding carboxylic acids is 2. The van der Waals surface area contributed by atoms with Crippen molar-refractivity contribution in [2.45, 2.75) is 46.6 Å². The Hall–Kier alpha value is -3.22. The number of hydrogen-bond donors (Lipinski definition) is 2. The number of aromatic nitrogens is 4. The van der Waals surface area contributed by atoms with Gasteiger partial charge in [-0.1, -0.05) is 32.0 Å². The molecule has 0 saturated carbocycles. The van der Waals surface area contributed by atoms with Crippen LogP contribution in [-0.2, 0) is 6.42 Å². The Morgan fingerprint density at radius 3 is 2.72 bits per heavy atom. The van der Waals surface area contributed by atoms with Gasteiger partial charge in [-0.05, 0) is 42.9 Å². The van der Waals surface area contributed by atoms with E-state index in [1.165, 1.54) is 13.0 Å². The lowest BCUT2D eigenvalue weighted by atomic mass is 9.74. The van der Waals surface area contributed by atoms with E-state index in [2.05, 4.69) is 53.5 Å². The molecule has 0 saturated heterocycles. The van der Waals surface area contributed by atoms with Crippen molar-refractivity contribution in [1.82, 2.24) is 25.3 Å². The van der Waals surface area contributed by atoms with Gasteiger partial charge >= 0.3 is 0 Å². The highest BCUT2D eigenvalue weighted by Crippen LogP contribution is 2.41. The first-order valence-corrected chi connectivity index (χ1v) is 9.75. The van der Waals surface area contributed by atoms with E-state index < -0.39 is 0 Å². The first-order chi connectivity index (χ1) is 13.7. The number of ketones is 1. The van der Waals surface area contributed by atoms with Crippen LogP contribution in [0.4, 0.5) is 0 Å². The minimum Gasteiger partial charge on any atom is -0.344 e. The van der Waals surface area contributed by atoms with Crippen molar-refractivity contribution in [3.8, 4) is 5.69 Å². The van der Waals surface area contributed by atoms with Crippen molar-refractivity contribution in [3.05, 3.63) is 64.7 Å². The number of nitrogens with one attached hydrogen (secondary N) is 2. The number of benzene rings is 1. The molecular weight excluding hydrogens is 366 g/mol. The van der Waals surface area contributed by atoms with Crippen molar-refractivity contribution >= 4 is 11.7 Å². The Labute approximate surface area is 169 Å². The second kappa shape index (κ2) is 6.99. The van der Waals surface area contributed by atoms with Gasteiger partial charge in [-0.3, -0.25) is 14.7 Å². The van der Waals surface area contributed by atoms with Crippen LogP contribution in [0, 0.1) is 12.3 Å². The third kappa shape index (κ3) is 3.60. The molecule has 2 heterocycles. The zero-order chi connectivity index (χ0) is 20.8. The third-order valence-electron chi connectivity index (χ3n) is 5.51. The molecule has 7 nitrogen and oxygen atoms in total. The molecule has 3 aromatic rings. The molecule has 1 aliphatic carbocycles. The minimum absolute atomic E-state index is 0.00391. The van der Waals surface area contributed by atoms with E-state index in [9.17, 15) is 9.59 Å². The number of H-pyrrole nitrogens is 1. The molecule has 0 fully saturated rings. The summed E-state index contributed by atoms with van der Waals surface area (Å²) in [6, 6.07) is 9.48. The molecule has 2 N–H and O–H groups in total. The number of para-hydroxylation sites is 1. The number of aromatic amines is 1. The first-order valence-electron chi connectivity index (χ1n) is 9.75. The highest BCUT2D eigenvalue weighted by molar-refractivity contribution is 5.97. The van der Waals surface area contributed by atoms with Crippen LogP contribution < -0.4 is 5.32 Å². The molecule has 150 valence electrons. The summed E-state index contributed by atoms with van der Waals surface area (Å²) in [7, 11) is 0. The van der Waals surface area contributed by atoms with Crippen LogP contribution in [-0.4, -0.2) is 31.7 Å². The lowest BCUT2D eigenvalue weighted by Gasteiger charge is -2.36. The van der Waals surface area contributed by atoms with Crippen molar-refractivity contribution in [2.75, 3.05) is 0 Å². The summed E-state index contributed by atoms with van der Waals surface area (Å²) in [4.78, 5) is 24.2. The van der Waals surface area contributed by atoms with Crippen LogP contribution in [0.15, 0.2) is 36.5 Å². The summed E-state index contributed by atoms with van der Waals surface area (Å²) in [5.74, 6) is -0.455. The summed E-state index contributed by atoms with van der Waals surface area (Å²) < 4.78 is 1.99. The van der Waals surface area contributed by atoms with Crippen LogP contribution in [0.5, 0.6) is 0 Å². The van der Waals surface area contributed by atoms with E-state index in [0.29, 0.717) is 0 Å². The third-order valence-corrected chi connectivity index (χ3v) is 5.51. The van der Waals surface area contributed by atoms with Crippen LogP contribution in [0.25, 0.3) is 5.69 Å². The summed E-state index contributed by atoms with van der Waals surface area (Å²) >= 11 is 0. The van der Waals surface area contributed by atoms with Gasteiger partial charge in [-0.2, -0.15) is 10.2 Å². The van der Waals surface area contributed by atoms with Crippen LogP contribution in [0.3, 0.4) is 0 Å². The number of fused-ring (bicyclic) bond motifs is 1. The molecule has 0 aliphatic heterocycles. The number of aryl methyl sites for hydroxylation is 1. The molecule has 1 atom stereocenters. The average molecular weight is 391 g/mol. The maximum absolute atomic E-state index is 12.8. The summed E-state index contributed by atoms with van der Waals surface area (Å²) in [5.41, 5.74) is 4.90. The lowest BCUT2D eigenvalue weighted by Crippen LogP contribution is -2.37. The number of nitrogens with zero attached hydrogens (tertiary/aromatic N) is 3. The Balaban J connectivity index is 1.67. The molecule has 4 rings (SSSR count). The topological polar surface area (TPSA) is 92.7 Å². The predicted octanol–water partition coefficient (Wildman–Crippen LogP) is 3.55. The van der Waals surface area contributed by atoms with Gasteiger partial charge in [0.2, 0.25) is 0 Å². The van der Waals surface area contributed by atoms with E-state index in [4.69, 9.17) is 0 Å². The van der Waals surface area contributed by atoms with Gasteiger partial charge in [-0.25, -0.2) is 4.68 Å². The van der Waals surface area contributed by atoms with Gasteiger partial charge in [0.25, 0.3) is 5.91 Å². The molecule has 0 unspecified atom stereocenters. The molecule has 7 heteroatoms. The molecular formula is C22H25N5O2. The number of rotatable bonds is 4. The first kappa shape index (κ1) is 19.1. The monoisotopic (exact) mass is 391 g/mol. The fourth-order valence-electron chi connectivity index (χ4n) is 4.03. The summed E-state index contributed by atoms with van der Waals surface area (Å²) in [5, 5.41) is 14.3. The second-order valence-corrected chi connectivity index (χ2v) is 8.54. The quantitative estimate of drug-likeness (QED) is 0.665. The molecule has 29 heavy (non-hydrogen) atoms. The maximum atomic E-state index is 12.8. The van der Waals surface area contributed by atoms with Crippen molar-refractivity contribution < 1.29 is 9.59 Å². The zero-order valence-electron chi connectivity index (χ0n) is 17.1. The average Bonchev–Trinajstić information content (AvgIpc) is 3.29. The molecule has 2 aromatic heterocycles. The standard InChI is InChI=1S/C22H25N5O2/c1-13-7-5-6-8-19(13)27-20-11-22(3,4)10-18(15(20)12-23-27)24-21(29)17-9-16(14(2)28)25-26-17/h5-9,12,18H,10-11H2,1-4H3,(H,24,29)(H,25,26)/t18-/m1/s1. The highest BCUT2D eigenvalue weighted by atomic mass is 16.2. The Kier molecular flexibility index (Phi) is 4.61. The van der Waals surface area contributed by atoms with Gasteiger partial charge in [-0.15, -0.1) is 0 Å². The Bertz CT molecular complexity index is 1090. The number of carbonyl (C=O) groups is 2. The van der Waals surface area contributed by atoms with Crippen molar-refractivity contribution in [1.29, 1.82) is 0 Å². The Morgan fingerprint density at radius 2 is 2.03 bits per heavy atom. The molecule has 1 aliphatic rings. The van der Waals surface area contributed by atoms with Gasteiger partial charge in [0.1, 0.15) is 11.4 Å².